The van der Waals surface area contributed by atoms with Crippen LogP contribution in [0.15, 0.2) is 24.3 Å². The predicted octanol–water partition coefficient (Wildman–Crippen LogP) is 0.128. The van der Waals surface area contributed by atoms with Crippen molar-refractivity contribution in [3.8, 4) is 5.75 Å². The van der Waals surface area contributed by atoms with Crippen molar-refractivity contribution in [3.05, 3.63) is 24.3 Å². The van der Waals surface area contributed by atoms with E-state index in [0.29, 0.717) is 5.75 Å². The van der Waals surface area contributed by atoms with E-state index in [4.69, 9.17) is 40.2 Å². The Labute approximate surface area is 109 Å². The highest BCUT2D eigenvalue weighted by atomic mass is 32.3. The van der Waals surface area contributed by atoms with E-state index < -0.39 is 20.8 Å². The summed E-state index contributed by atoms with van der Waals surface area (Å²) in [6, 6.07) is 6.92. The van der Waals surface area contributed by atoms with Crippen LogP contribution in [0, 0.1) is 0 Å². The van der Waals surface area contributed by atoms with Gasteiger partial charge in [0.2, 0.25) is 0 Å². The standard InChI is InChI=1S/C7H9NO.2H2O4S/c1-8-6-2-4-7(9)5-3-6;2*1-5(2,3)4/h2-5,8-9H,1H3;2*(H2,1,2,3,4). The summed E-state index contributed by atoms with van der Waals surface area (Å²) >= 11 is 0. The normalized spacial score (nSPS) is 10.4. The van der Waals surface area contributed by atoms with E-state index in [0.717, 1.165) is 5.69 Å². The van der Waals surface area contributed by atoms with Crippen molar-refractivity contribution in [2.45, 2.75) is 0 Å². The molecule has 0 atom stereocenters. The van der Waals surface area contributed by atoms with E-state index in [2.05, 4.69) is 5.32 Å². The Bertz CT molecular complexity index is 503. The molecule has 0 saturated carbocycles. The Balaban J connectivity index is 0. The Morgan fingerprint density at radius 1 is 0.842 bits per heavy atom. The lowest BCUT2D eigenvalue weighted by molar-refractivity contribution is 0.378. The van der Waals surface area contributed by atoms with Gasteiger partial charge in [-0.2, -0.15) is 16.8 Å². The van der Waals surface area contributed by atoms with E-state index in [1.54, 1.807) is 12.1 Å². The zero-order chi connectivity index (χ0) is 15.7. The van der Waals surface area contributed by atoms with Gasteiger partial charge in [0.15, 0.2) is 0 Å². The van der Waals surface area contributed by atoms with Gasteiger partial charge < -0.3 is 10.4 Å². The molecule has 0 radical (unpaired) electrons. The minimum Gasteiger partial charge on any atom is -0.508 e. The number of anilines is 1. The Morgan fingerprint density at radius 3 is 1.32 bits per heavy atom. The molecule has 0 aliphatic rings. The number of nitrogens with one attached hydrogen (secondary N) is 1. The number of hydrogen-bond acceptors (Lipinski definition) is 6. The summed E-state index contributed by atoms with van der Waals surface area (Å²) in [4.78, 5) is 0. The zero-order valence-corrected chi connectivity index (χ0v) is 11.1. The zero-order valence-electron chi connectivity index (χ0n) is 9.49. The molecule has 0 aliphatic carbocycles. The fourth-order valence-electron chi connectivity index (χ4n) is 0.628. The molecule has 19 heavy (non-hydrogen) atoms. The summed E-state index contributed by atoms with van der Waals surface area (Å²) in [6.07, 6.45) is 0. The maximum atomic E-state index is 8.82. The van der Waals surface area contributed by atoms with Crippen LogP contribution in [0.25, 0.3) is 0 Å². The Morgan fingerprint density at radius 2 is 1.11 bits per heavy atom. The fraction of sp³-hybridized carbons (Fsp3) is 0.143. The van der Waals surface area contributed by atoms with Crippen molar-refractivity contribution in [2.24, 2.45) is 0 Å². The first-order valence-electron chi connectivity index (χ1n) is 4.19. The van der Waals surface area contributed by atoms with Crippen LogP contribution >= 0.6 is 0 Å². The molecule has 0 heterocycles. The summed E-state index contributed by atoms with van der Waals surface area (Å²) in [5.41, 5.74) is 1.01. The highest BCUT2D eigenvalue weighted by molar-refractivity contribution is 7.80. The van der Waals surface area contributed by atoms with E-state index in [1.807, 2.05) is 19.2 Å². The van der Waals surface area contributed by atoms with E-state index in [9.17, 15) is 0 Å². The van der Waals surface area contributed by atoms with Crippen LogP contribution in [0.5, 0.6) is 5.75 Å². The summed E-state index contributed by atoms with van der Waals surface area (Å²) in [5, 5.41) is 11.8. The predicted molar refractivity (Wildman–Crippen MR) is 66.0 cm³/mol. The highest BCUT2D eigenvalue weighted by Gasteiger charge is 1.86. The van der Waals surface area contributed by atoms with Gasteiger partial charge in [0, 0.05) is 12.7 Å². The molecule has 0 aromatic heterocycles. The highest BCUT2D eigenvalue weighted by Crippen LogP contribution is 2.12. The van der Waals surface area contributed by atoms with Crippen molar-refractivity contribution in [3.63, 3.8) is 0 Å². The molecule has 0 spiro atoms. The molecule has 0 saturated heterocycles. The lowest BCUT2D eigenvalue weighted by Gasteiger charge is -1.96. The number of phenols is 1. The maximum absolute atomic E-state index is 8.82. The van der Waals surface area contributed by atoms with Gasteiger partial charge in [-0.1, -0.05) is 0 Å². The smallest absolute Gasteiger partial charge is 0.394 e. The summed E-state index contributed by atoms with van der Waals surface area (Å²) in [5.74, 6) is 0.300. The quantitative estimate of drug-likeness (QED) is 0.307. The van der Waals surface area contributed by atoms with Crippen LogP contribution < -0.4 is 5.32 Å². The van der Waals surface area contributed by atoms with Gasteiger partial charge in [-0.25, -0.2) is 0 Å². The minimum absolute atomic E-state index is 0.300. The third-order valence-corrected chi connectivity index (χ3v) is 1.16. The molecule has 10 nitrogen and oxygen atoms in total. The van der Waals surface area contributed by atoms with Crippen LogP contribution in [-0.4, -0.2) is 47.2 Å². The first-order chi connectivity index (χ1) is 8.33. The average Bonchev–Trinajstić information content (AvgIpc) is 2.13. The molecule has 0 unspecified atom stereocenters. The second-order valence-corrected chi connectivity index (χ2v) is 4.48. The number of aromatic hydroxyl groups is 1. The molecule has 0 amide bonds. The SMILES string of the molecule is CNc1ccc(O)cc1.O=S(=O)(O)O.O=S(=O)(O)O. The first-order valence-corrected chi connectivity index (χ1v) is 6.99. The Kier molecular flexibility index (Phi) is 9.03. The second-order valence-electron chi connectivity index (χ2n) is 2.69. The topological polar surface area (TPSA) is 181 Å². The van der Waals surface area contributed by atoms with Crippen molar-refractivity contribution in [2.75, 3.05) is 12.4 Å². The molecular weight excluding hydrogens is 306 g/mol. The monoisotopic (exact) mass is 319 g/mol. The van der Waals surface area contributed by atoms with Crippen LogP contribution in [0.3, 0.4) is 0 Å². The molecule has 1 aromatic rings. The third kappa shape index (κ3) is 31.5. The van der Waals surface area contributed by atoms with Crippen molar-refractivity contribution in [1.29, 1.82) is 0 Å². The van der Waals surface area contributed by atoms with Crippen LogP contribution in [0.1, 0.15) is 0 Å². The summed E-state index contributed by atoms with van der Waals surface area (Å²) < 4.78 is 63.2. The lowest BCUT2D eigenvalue weighted by atomic mass is 10.3. The molecule has 1 rings (SSSR count). The summed E-state index contributed by atoms with van der Waals surface area (Å²) in [6.45, 7) is 0. The number of benzene rings is 1. The molecule has 12 heteroatoms. The van der Waals surface area contributed by atoms with Gasteiger partial charge in [0.1, 0.15) is 5.75 Å². The van der Waals surface area contributed by atoms with Gasteiger partial charge in [-0.3, -0.25) is 18.2 Å². The van der Waals surface area contributed by atoms with Gasteiger partial charge in [-0.05, 0) is 24.3 Å². The second kappa shape index (κ2) is 8.63. The molecule has 0 fully saturated rings. The van der Waals surface area contributed by atoms with Gasteiger partial charge in [0.25, 0.3) is 0 Å². The molecule has 112 valence electrons. The molecule has 1 aromatic carbocycles. The molecule has 0 bridgehead atoms. The van der Waals surface area contributed by atoms with E-state index in [1.165, 1.54) is 0 Å². The fourth-order valence-corrected chi connectivity index (χ4v) is 0.628. The van der Waals surface area contributed by atoms with Crippen molar-refractivity contribution >= 4 is 26.5 Å². The number of phenolic OH excluding ortho intramolecular Hbond substituents is 1. The van der Waals surface area contributed by atoms with Gasteiger partial charge >= 0.3 is 20.8 Å². The van der Waals surface area contributed by atoms with Crippen molar-refractivity contribution in [1.82, 2.24) is 0 Å². The van der Waals surface area contributed by atoms with Gasteiger partial charge in [-0.15, -0.1) is 0 Å². The third-order valence-electron chi connectivity index (χ3n) is 1.16. The van der Waals surface area contributed by atoms with Crippen LogP contribution in [-0.2, 0) is 20.8 Å². The minimum atomic E-state index is -4.67. The van der Waals surface area contributed by atoms with E-state index in [-0.39, 0.29) is 0 Å². The molecular formula is C7H13NO9S2. The van der Waals surface area contributed by atoms with Crippen LogP contribution in [0.4, 0.5) is 5.69 Å². The van der Waals surface area contributed by atoms with Gasteiger partial charge in [0.05, 0.1) is 0 Å². The van der Waals surface area contributed by atoms with Crippen LogP contribution in [0.2, 0.25) is 0 Å². The molecule has 0 aliphatic heterocycles. The first kappa shape index (κ1) is 19.9. The number of hydrogen-bond donors (Lipinski definition) is 6. The average molecular weight is 319 g/mol. The lowest BCUT2D eigenvalue weighted by Crippen LogP contribution is -1.89. The maximum Gasteiger partial charge on any atom is 0.394 e. The Hall–Kier alpha value is -1.44. The number of rotatable bonds is 1. The largest absolute Gasteiger partial charge is 0.508 e. The van der Waals surface area contributed by atoms with E-state index >= 15 is 0 Å². The molecule has 6 N–H and O–H groups in total. The summed E-state index contributed by atoms with van der Waals surface area (Å²) in [7, 11) is -7.49. The van der Waals surface area contributed by atoms with Crippen molar-refractivity contribution < 1.29 is 40.2 Å².